The van der Waals surface area contributed by atoms with E-state index in [4.69, 9.17) is 0 Å². The number of halogens is 3. The summed E-state index contributed by atoms with van der Waals surface area (Å²) in [5, 5.41) is 0. The lowest BCUT2D eigenvalue weighted by atomic mass is 10.1. The molecule has 1 amide bonds. The standard InChI is InChI=1S/C20H22F3N5O2/c1-12-5-6-28(14-3-4-14)18(30)16(12)17(29)26-7-9-27(10-8-26)19-24-13(2)11-15(25-19)20(21,22)23/h5-6,11,14H,3-4,7-10H2,1-2H3. The second kappa shape index (κ2) is 7.41. The quantitative estimate of drug-likeness (QED) is 0.762. The van der Waals surface area contributed by atoms with Gasteiger partial charge in [-0.05, 0) is 44.4 Å². The van der Waals surface area contributed by atoms with Gasteiger partial charge in [-0.3, -0.25) is 9.59 Å². The summed E-state index contributed by atoms with van der Waals surface area (Å²) < 4.78 is 40.8. The van der Waals surface area contributed by atoms with Gasteiger partial charge in [0.05, 0.1) is 0 Å². The van der Waals surface area contributed by atoms with Crippen LogP contribution in [0.15, 0.2) is 23.1 Å². The van der Waals surface area contributed by atoms with Crippen molar-refractivity contribution in [2.45, 2.75) is 38.9 Å². The fourth-order valence-electron chi connectivity index (χ4n) is 3.65. The highest BCUT2D eigenvalue weighted by molar-refractivity contribution is 5.95. The minimum atomic E-state index is -4.55. The normalized spacial score (nSPS) is 17.4. The number of pyridine rings is 1. The number of aryl methyl sites for hydroxylation is 2. The largest absolute Gasteiger partial charge is 0.433 e. The lowest BCUT2D eigenvalue weighted by molar-refractivity contribution is -0.141. The summed E-state index contributed by atoms with van der Waals surface area (Å²) in [5.41, 5.74) is -0.234. The SMILES string of the molecule is Cc1cc(C(F)(F)F)nc(N2CCN(C(=O)c3c(C)ccn(C4CC4)c3=O)CC2)n1. The summed E-state index contributed by atoms with van der Waals surface area (Å²) in [6.45, 7) is 4.35. The maximum absolute atomic E-state index is 13.0. The number of hydrogen-bond donors (Lipinski definition) is 0. The van der Waals surface area contributed by atoms with Crippen LogP contribution in [0.25, 0.3) is 0 Å². The molecule has 0 bridgehead atoms. The molecule has 0 radical (unpaired) electrons. The second-order valence-corrected chi connectivity index (χ2v) is 7.79. The van der Waals surface area contributed by atoms with Gasteiger partial charge in [0.25, 0.3) is 11.5 Å². The van der Waals surface area contributed by atoms with Gasteiger partial charge in [-0.25, -0.2) is 9.97 Å². The Morgan fingerprint density at radius 2 is 1.77 bits per heavy atom. The average Bonchev–Trinajstić information content (AvgIpc) is 3.52. The van der Waals surface area contributed by atoms with E-state index in [1.54, 1.807) is 33.6 Å². The lowest BCUT2D eigenvalue weighted by Crippen LogP contribution is -2.50. The monoisotopic (exact) mass is 421 g/mol. The van der Waals surface area contributed by atoms with Crippen LogP contribution >= 0.6 is 0 Å². The Morgan fingerprint density at radius 1 is 1.10 bits per heavy atom. The molecule has 0 unspecified atom stereocenters. The number of piperazine rings is 1. The van der Waals surface area contributed by atoms with E-state index >= 15 is 0 Å². The molecule has 1 aliphatic carbocycles. The molecule has 0 spiro atoms. The van der Waals surface area contributed by atoms with Crippen LogP contribution in [-0.4, -0.2) is 51.5 Å². The summed E-state index contributed by atoms with van der Waals surface area (Å²) in [4.78, 5) is 36.8. The van der Waals surface area contributed by atoms with Crippen molar-refractivity contribution in [3.05, 3.63) is 51.2 Å². The Labute approximate surface area is 171 Å². The predicted octanol–water partition coefficient (Wildman–Crippen LogP) is 2.57. The molecule has 2 aromatic heterocycles. The lowest BCUT2D eigenvalue weighted by Gasteiger charge is -2.35. The van der Waals surface area contributed by atoms with Crippen LogP contribution in [0, 0.1) is 13.8 Å². The Morgan fingerprint density at radius 3 is 2.37 bits per heavy atom. The van der Waals surface area contributed by atoms with Crippen LogP contribution in [-0.2, 0) is 6.18 Å². The molecular weight excluding hydrogens is 399 g/mol. The zero-order chi connectivity index (χ0) is 21.6. The first-order valence-electron chi connectivity index (χ1n) is 9.84. The smallest absolute Gasteiger partial charge is 0.337 e. The Bertz CT molecular complexity index is 1040. The van der Waals surface area contributed by atoms with Crippen molar-refractivity contribution in [1.29, 1.82) is 0 Å². The summed E-state index contributed by atoms with van der Waals surface area (Å²) in [5.74, 6) is -0.338. The molecule has 7 nitrogen and oxygen atoms in total. The maximum Gasteiger partial charge on any atom is 0.433 e. The van der Waals surface area contributed by atoms with Crippen LogP contribution in [0.5, 0.6) is 0 Å². The number of anilines is 1. The van der Waals surface area contributed by atoms with E-state index in [0.717, 1.165) is 18.9 Å². The highest BCUT2D eigenvalue weighted by atomic mass is 19.4. The van der Waals surface area contributed by atoms with Gasteiger partial charge in [-0.1, -0.05) is 0 Å². The Balaban J connectivity index is 1.51. The van der Waals surface area contributed by atoms with E-state index in [0.29, 0.717) is 5.56 Å². The minimum absolute atomic E-state index is 0.00130. The van der Waals surface area contributed by atoms with Crippen molar-refractivity contribution in [1.82, 2.24) is 19.4 Å². The third kappa shape index (κ3) is 3.90. The Hall–Kier alpha value is -2.91. The van der Waals surface area contributed by atoms with Crippen LogP contribution < -0.4 is 10.5 Å². The number of nitrogens with zero attached hydrogens (tertiary/aromatic N) is 5. The number of aromatic nitrogens is 3. The van der Waals surface area contributed by atoms with Crippen LogP contribution in [0.4, 0.5) is 19.1 Å². The molecule has 2 aliphatic rings. The van der Waals surface area contributed by atoms with Crippen molar-refractivity contribution in [3.8, 4) is 0 Å². The molecule has 4 rings (SSSR count). The zero-order valence-corrected chi connectivity index (χ0v) is 16.7. The summed E-state index contributed by atoms with van der Waals surface area (Å²) >= 11 is 0. The van der Waals surface area contributed by atoms with E-state index < -0.39 is 11.9 Å². The van der Waals surface area contributed by atoms with Gasteiger partial charge >= 0.3 is 6.18 Å². The van der Waals surface area contributed by atoms with Crippen LogP contribution in [0.1, 0.15) is 46.2 Å². The zero-order valence-electron chi connectivity index (χ0n) is 16.7. The molecule has 10 heteroatoms. The first kappa shape index (κ1) is 20.4. The van der Waals surface area contributed by atoms with E-state index in [9.17, 15) is 22.8 Å². The molecule has 1 saturated heterocycles. The topological polar surface area (TPSA) is 71.3 Å². The molecule has 2 fully saturated rings. The maximum atomic E-state index is 13.0. The second-order valence-electron chi connectivity index (χ2n) is 7.79. The van der Waals surface area contributed by atoms with E-state index in [2.05, 4.69) is 9.97 Å². The van der Waals surface area contributed by atoms with Gasteiger partial charge in [0.1, 0.15) is 11.3 Å². The highest BCUT2D eigenvalue weighted by Gasteiger charge is 2.35. The highest BCUT2D eigenvalue weighted by Crippen LogP contribution is 2.33. The number of amides is 1. The number of alkyl halides is 3. The van der Waals surface area contributed by atoms with Crippen molar-refractivity contribution in [2.24, 2.45) is 0 Å². The van der Waals surface area contributed by atoms with Gasteiger partial charge in [-0.2, -0.15) is 13.2 Å². The molecule has 160 valence electrons. The van der Waals surface area contributed by atoms with Crippen molar-refractivity contribution < 1.29 is 18.0 Å². The summed E-state index contributed by atoms with van der Waals surface area (Å²) in [6, 6.07) is 2.86. The predicted molar refractivity (Wildman–Crippen MR) is 104 cm³/mol. The summed E-state index contributed by atoms with van der Waals surface area (Å²) in [7, 11) is 0. The number of carbonyl (C=O) groups is 1. The van der Waals surface area contributed by atoms with E-state index in [1.165, 1.54) is 6.92 Å². The molecule has 2 aromatic rings. The number of rotatable bonds is 3. The van der Waals surface area contributed by atoms with Crippen molar-refractivity contribution >= 4 is 11.9 Å². The van der Waals surface area contributed by atoms with Gasteiger partial charge in [0, 0.05) is 44.1 Å². The van der Waals surface area contributed by atoms with Gasteiger partial charge in [-0.15, -0.1) is 0 Å². The van der Waals surface area contributed by atoms with Gasteiger partial charge in [0.2, 0.25) is 5.95 Å². The Kier molecular flexibility index (Phi) is 5.03. The van der Waals surface area contributed by atoms with Crippen LogP contribution in [0.2, 0.25) is 0 Å². The van der Waals surface area contributed by atoms with E-state index in [1.807, 2.05) is 0 Å². The average molecular weight is 421 g/mol. The van der Waals surface area contributed by atoms with Gasteiger partial charge in [0.15, 0.2) is 0 Å². The van der Waals surface area contributed by atoms with Crippen molar-refractivity contribution in [3.63, 3.8) is 0 Å². The number of carbonyl (C=O) groups excluding carboxylic acids is 1. The molecule has 1 saturated carbocycles. The first-order chi connectivity index (χ1) is 14.1. The molecule has 30 heavy (non-hydrogen) atoms. The molecule has 1 aliphatic heterocycles. The molecule has 0 atom stereocenters. The molecular formula is C20H22F3N5O2. The molecule has 0 aromatic carbocycles. The molecule has 3 heterocycles. The fourth-order valence-corrected chi connectivity index (χ4v) is 3.65. The first-order valence-corrected chi connectivity index (χ1v) is 9.84. The van der Waals surface area contributed by atoms with Gasteiger partial charge < -0.3 is 14.4 Å². The van der Waals surface area contributed by atoms with Crippen molar-refractivity contribution in [2.75, 3.05) is 31.1 Å². The summed E-state index contributed by atoms with van der Waals surface area (Å²) in [6.07, 6.45) is -0.943. The third-order valence-electron chi connectivity index (χ3n) is 5.46. The van der Waals surface area contributed by atoms with E-state index in [-0.39, 0.29) is 60.9 Å². The molecule has 0 N–H and O–H groups in total. The third-order valence-corrected chi connectivity index (χ3v) is 5.46. The van der Waals surface area contributed by atoms with Crippen LogP contribution in [0.3, 0.4) is 0 Å². The minimum Gasteiger partial charge on any atom is -0.337 e. The number of hydrogen-bond acceptors (Lipinski definition) is 5. The fraction of sp³-hybridized carbons (Fsp3) is 0.500.